The molecule has 4 rings (SSSR count). The monoisotopic (exact) mass is 396 g/mol. The van der Waals surface area contributed by atoms with Gasteiger partial charge in [-0.1, -0.05) is 65.6 Å². The van der Waals surface area contributed by atoms with Crippen molar-refractivity contribution in [3.8, 4) is 0 Å². The maximum atomic E-state index is 12.9. The molecule has 1 saturated carbocycles. The Balaban J connectivity index is 1.39. The molecule has 146 valence electrons. The SMILES string of the molecule is CC1(c2ccccc2)CC([C@@H]2CCC[C@H]2C(=O)NCc2ccc(Cl)cc2)=NO1. The van der Waals surface area contributed by atoms with E-state index in [0.717, 1.165) is 42.5 Å². The van der Waals surface area contributed by atoms with E-state index in [0.29, 0.717) is 11.6 Å². The van der Waals surface area contributed by atoms with Crippen LogP contribution in [0.15, 0.2) is 59.8 Å². The van der Waals surface area contributed by atoms with Crippen LogP contribution in [0.1, 0.15) is 43.7 Å². The summed E-state index contributed by atoms with van der Waals surface area (Å²) in [5.74, 6) is 0.233. The fraction of sp³-hybridized carbons (Fsp3) is 0.391. The molecule has 2 aromatic rings. The van der Waals surface area contributed by atoms with E-state index in [4.69, 9.17) is 16.4 Å². The highest BCUT2D eigenvalue weighted by molar-refractivity contribution is 6.30. The van der Waals surface area contributed by atoms with Gasteiger partial charge in [0, 0.05) is 29.8 Å². The molecule has 4 nitrogen and oxygen atoms in total. The molecule has 0 bridgehead atoms. The molecule has 2 aromatic carbocycles. The highest BCUT2D eigenvalue weighted by atomic mass is 35.5. The van der Waals surface area contributed by atoms with Gasteiger partial charge in [0.2, 0.25) is 5.91 Å². The van der Waals surface area contributed by atoms with E-state index in [-0.39, 0.29) is 17.7 Å². The van der Waals surface area contributed by atoms with Crippen LogP contribution >= 0.6 is 11.6 Å². The Bertz CT molecular complexity index is 866. The number of carbonyl (C=O) groups excluding carboxylic acids is 1. The second-order valence-corrected chi connectivity index (χ2v) is 8.37. The molecule has 3 atom stereocenters. The Morgan fingerprint density at radius 3 is 2.68 bits per heavy atom. The molecule has 1 heterocycles. The second kappa shape index (κ2) is 7.96. The van der Waals surface area contributed by atoms with Crippen LogP contribution in [-0.2, 0) is 21.8 Å². The van der Waals surface area contributed by atoms with Gasteiger partial charge in [0.05, 0.1) is 5.71 Å². The van der Waals surface area contributed by atoms with Crippen molar-refractivity contribution in [2.45, 2.75) is 44.8 Å². The predicted molar refractivity (Wildman–Crippen MR) is 111 cm³/mol. The summed E-state index contributed by atoms with van der Waals surface area (Å²) in [4.78, 5) is 18.7. The minimum atomic E-state index is -0.441. The Kier molecular flexibility index (Phi) is 5.40. The highest BCUT2D eigenvalue weighted by Gasteiger charge is 2.43. The van der Waals surface area contributed by atoms with Gasteiger partial charge in [-0.05, 0) is 43.0 Å². The maximum Gasteiger partial charge on any atom is 0.224 e. The smallest absolute Gasteiger partial charge is 0.224 e. The topological polar surface area (TPSA) is 50.7 Å². The van der Waals surface area contributed by atoms with Crippen molar-refractivity contribution in [1.29, 1.82) is 0 Å². The first-order valence-corrected chi connectivity index (χ1v) is 10.3. The van der Waals surface area contributed by atoms with E-state index >= 15 is 0 Å². The zero-order chi connectivity index (χ0) is 19.6. The normalized spacial score (nSPS) is 26.6. The fourth-order valence-corrected chi connectivity index (χ4v) is 4.44. The maximum absolute atomic E-state index is 12.9. The van der Waals surface area contributed by atoms with Crippen LogP contribution in [-0.4, -0.2) is 11.6 Å². The van der Waals surface area contributed by atoms with Crippen molar-refractivity contribution >= 4 is 23.2 Å². The van der Waals surface area contributed by atoms with Crippen LogP contribution in [0.5, 0.6) is 0 Å². The zero-order valence-corrected chi connectivity index (χ0v) is 16.8. The number of carbonyl (C=O) groups is 1. The molecular formula is C23H25ClN2O2. The standard InChI is InChI=1S/C23H25ClN2O2/c1-23(17-6-3-2-4-7-17)14-21(26-28-23)19-8-5-9-20(19)22(27)25-15-16-10-12-18(24)13-11-16/h2-4,6-7,10-13,19-20H,5,8-9,14-15H2,1H3,(H,25,27)/t19-,20-,23?/m1/s1. The average molecular weight is 397 g/mol. The van der Waals surface area contributed by atoms with Gasteiger partial charge in [0.1, 0.15) is 0 Å². The average Bonchev–Trinajstić information content (AvgIpc) is 3.35. The summed E-state index contributed by atoms with van der Waals surface area (Å²) in [6.45, 7) is 2.59. The van der Waals surface area contributed by atoms with Gasteiger partial charge < -0.3 is 10.2 Å². The quantitative estimate of drug-likeness (QED) is 0.767. The van der Waals surface area contributed by atoms with Gasteiger partial charge in [-0.3, -0.25) is 4.79 Å². The summed E-state index contributed by atoms with van der Waals surface area (Å²) in [7, 11) is 0. The number of halogens is 1. The molecule has 5 heteroatoms. The van der Waals surface area contributed by atoms with Crippen LogP contribution in [0.25, 0.3) is 0 Å². The summed E-state index contributed by atoms with van der Waals surface area (Å²) < 4.78 is 0. The van der Waals surface area contributed by atoms with E-state index in [1.54, 1.807) is 0 Å². The summed E-state index contributed by atoms with van der Waals surface area (Å²) in [6, 6.07) is 17.8. The molecule has 1 amide bonds. The summed E-state index contributed by atoms with van der Waals surface area (Å²) >= 11 is 5.92. The van der Waals surface area contributed by atoms with Crippen molar-refractivity contribution < 1.29 is 9.63 Å². The fourth-order valence-electron chi connectivity index (χ4n) is 4.31. The lowest BCUT2D eigenvalue weighted by Gasteiger charge is -2.23. The van der Waals surface area contributed by atoms with Crippen molar-refractivity contribution in [2.75, 3.05) is 0 Å². The lowest BCUT2D eigenvalue weighted by atomic mass is 9.83. The molecule has 1 aliphatic heterocycles. The van der Waals surface area contributed by atoms with E-state index in [9.17, 15) is 4.79 Å². The van der Waals surface area contributed by atoms with E-state index in [1.807, 2.05) is 42.5 Å². The molecule has 0 spiro atoms. The molecule has 1 unspecified atom stereocenters. The number of nitrogens with one attached hydrogen (secondary N) is 1. The number of hydrogen-bond donors (Lipinski definition) is 1. The van der Waals surface area contributed by atoms with Crippen LogP contribution in [0.2, 0.25) is 5.02 Å². The van der Waals surface area contributed by atoms with E-state index in [2.05, 4.69) is 29.5 Å². The van der Waals surface area contributed by atoms with Crippen molar-refractivity contribution in [3.63, 3.8) is 0 Å². The third kappa shape index (κ3) is 3.93. The molecule has 0 radical (unpaired) electrons. The van der Waals surface area contributed by atoms with Gasteiger partial charge in [0.15, 0.2) is 5.60 Å². The molecule has 2 aliphatic rings. The predicted octanol–water partition coefficient (Wildman–Crippen LogP) is 5.06. The zero-order valence-electron chi connectivity index (χ0n) is 16.0. The minimum absolute atomic E-state index is 0.0345. The molecule has 28 heavy (non-hydrogen) atoms. The molecule has 1 fully saturated rings. The van der Waals surface area contributed by atoms with Gasteiger partial charge in [0.25, 0.3) is 0 Å². The van der Waals surface area contributed by atoms with Crippen LogP contribution in [0, 0.1) is 11.8 Å². The Morgan fingerprint density at radius 1 is 1.18 bits per heavy atom. The summed E-state index contributed by atoms with van der Waals surface area (Å²) in [5, 5.41) is 8.22. The third-order valence-electron chi connectivity index (χ3n) is 5.93. The van der Waals surface area contributed by atoms with Gasteiger partial charge in [-0.2, -0.15) is 0 Å². The molecule has 1 N–H and O–H groups in total. The Morgan fingerprint density at radius 2 is 1.93 bits per heavy atom. The minimum Gasteiger partial charge on any atom is -0.384 e. The van der Waals surface area contributed by atoms with Crippen molar-refractivity contribution in [1.82, 2.24) is 5.32 Å². The van der Waals surface area contributed by atoms with Crippen LogP contribution in [0.4, 0.5) is 0 Å². The van der Waals surface area contributed by atoms with Crippen LogP contribution < -0.4 is 5.32 Å². The molecular weight excluding hydrogens is 372 g/mol. The largest absolute Gasteiger partial charge is 0.384 e. The molecule has 0 saturated heterocycles. The second-order valence-electron chi connectivity index (χ2n) is 7.94. The molecule has 0 aromatic heterocycles. The first-order valence-electron chi connectivity index (χ1n) is 9.88. The van der Waals surface area contributed by atoms with Crippen molar-refractivity contribution in [3.05, 3.63) is 70.7 Å². The first-order chi connectivity index (χ1) is 13.5. The number of rotatable bonds is 5. The Labute approximate surface area is 170 Å². The highest BCUT2D eigenvalue weighted by Crippen LogP contribution is 2.41. The lowest BCUT2D eigenvalue weighted by Crippen LogP contribution is -2.35. The number of benzene rings is 2. The number of nitrogens with zero attached hydrogens (tertiary/aromatic N) is 1. The summed E-state index contributed by atoms with van der Waals surface area (Å²) in [6.07, 6.45) is 3.68. The van der Waals surface area contributed by atoms with E-state index in [1.165, 1.54) is 0 Å². The number of oxime groups is 1. The lowest BCUT2D eigenvalue weighted by molar-refractivity contribution is -0.125. The van der Waals surface area contributed by atoms with Gasteiger partial charge >= 0.3 is 0 Å². The van der Waals surface area contributed by atoms with Crippen LogP contribution in [0.3, 0.4) is 0 Å². The van der Waals surface area contributed by atoms with Gasteiger partial charge in [-0.15, -0.1) is 0 Å². The molecule has 1 aliphatic carbocycles. The number of amides is 1. The Hall–Kier alpha value is -2.33. The third-order valence-corrected chi connectivity index (χ3v) is 6.18. The number of hydrogen-bond acceptors (Lipinski definition) is 3. The first kappa shape index (κ1) is 19.0. The van der Waals surface area contributed by atoms with E-state index < -0.39 is 5.60 Å². The van der Waals surface area contributed by atoms with Crippen molar-refractivity contribution in [2.24, 2.45) is 17.0 Å². The van der Waals surface area contributed by atoms with Gasteiger partial charge in [-0.25, -0.2) is 0 Å². The summed E-state index contributed by atoms with van der Waals surface area (Å²) in [5.41, 5.74) is 2.75.